The topological polar surface area (TPSA) is 61.4 Å². The number of para-hydroxylation sites is 1. The number of phenolic OH excluding ortho intramolecular Hbond substituents is 1. The van der Waals surface area contributed by atoms with Crippen molar-refractivity contribution in [1.82, 2.24) is 5.32 Å². The van der Waals surface area contributed by atoms with Crippen LogP contribution < -0.4 is 10.6 Å². The molecule has 0 aromatic heterocycles. The monoisotopic (exact) mass is 282 g/mol. The van der Waals surface area contributed by atoms with Gasteiger partial charge in [0.05, 0.1) is 0 Å². The van der Waals surface area contributed by atoms with Crippen LogP contribution in [0.3, 0.4) is 0 Å². The SMILES string of the molecule is O=C(NC1CC1)c1ccc(NCc2ccccc2O)cc1. The molecule has 4 nitrogen and oxygen atoms in total. The predicted octanol–water partition coefficient (Wildman–Crippen LogP) is 2.90. The molecule has 0 atom stereocenters. The van der Waals surface area contributed by atoms with Gasteiger partial charge in [-0.2, -0.15) is 0 Å². The first-order chi connectivity index (χ1) is 10.2. The molecule has 108 valence electrons. The maximum atomic E-state index is 11.9. The van der Waals surface area contributed by atoms with E-state index in [0.29, 0.717) is 18.2 Å². The predicted molar refractivity (Wildman–Crippen MR) is 82.4 cm³/mol. The molecule has 0 spiro atoms. The Balaban J connectivity index is 1.59. The number of amides is 1. The standard InChI is InChI=1S/C17H18N2O2/c20-16-4-2-1-3-13(16)11-18-14-7-5-12(6-8-14)17(21)19-15-9-10-15/h1-8,15,18,20H,9-11H2,(H,19,21). The van der Waals surface area contributed by atoms with Gasteiger partial charge in [0.25, 0.3) is 5.91 Å². The molecule has 1 fully saturated rings. The van der Waals surface area contributed by atoms with Crippen LogP contribution in [0.2, 0.25) is 0 Å². The van der Waals surface area contributed by atoms with E-state index in [1.54, 1.807) is 12.1 Å². The molecular formula is C17H18N2O2. The van der Waals surface area contributed by atoms with Gasteiger partial charge >= 0.3 is 0 Å². The molecule has 0 radical (unpaired) electrons. The Morgan fingerprint density at radius 3 is 2.48 bits per heavy atom. The van der Waals surface area contributed by atoms with Crippen molar-refractivity contribution in [1.29, 1.82) is 0 Å². The summed E-state index contributed by atoms with van der Waals surface area (Å²) in [5.41, 5.74) is 2.43. The number of phenols is 1. The molecule has 3 rings (SSSR count). The Morgan fingerprint density at radius 1 is 1.10 bits per heavy atom. The maximum Gasteiger partial charge on any atom is 0.251 e. The van der Waals surface area contributed by atoms with E-state index in [2.05, 4.69) is 10.6 Å². The molecule has 0 aliphatic heterocycles. The average Bonchev–Trinajstić information content (AvgIpc) is 3.31. The Morgan fingerprint density at radius 2 is 1.81 bits per heavy atom. The molecule has 0 saturated heterocycles. The van der Waals surface area contributed by atoms with Crippen LogP contribution in [-0.4, -0.2) is 17.1 Å². The third-order valence-electron chi connectivity index (χ3n) is 3.53. The number of aromatic hydroxyl groups is 1. The third-order valence-corrected chi connectivity index (χ3v) is 3.53. The number of benzene rings is 2. The second-order valence-corrected chi connectivity index (χ2v) is 5.31. The van der Waals surface area contributed by atoms with E-state index in [4.69, 9.17) is 0 Å². The fraction of sp³-hybridized carbons (Fsp3) is 0.235. The van der Waals surface area contributed by atoms with Crippen LogP contribution in [-0.2, 0) is 6.54 Å². The molecule has 0 heterocycles. The second kappa shape index (κ2) is 5.87. The number of rotatable bonds is 5. The molecular weight excluding hydrogens is 264 g/mol. The normalized spacial score (nSPS) is 13.7. The van der Waals surface area contributed by atoms with Crippen molar-refractivity contribution in [2.24, 2.45) is 0 Å². The highest BCUT2D eigenvalue weighted by atomic mass is 16.3. The number of anilines is 1. The van der Waals surface area contributed by atoms with E-state index in [-0.39, 0.29) is 11.7 Å². The lowest BCUT2D eigenvalue weighted by atomic mass is 10.1. The van der Waals surface area contributed by atoms with Crippen LogP contribution >= 0.6 is 0 Å². The molecule has 1 aliphatic rings. The Hall–Kier alpha value is -2.49. The Kier molecular flexibility index (Phi) is 3.77. The van der Waals surface area contributed by atoms with Crippen LogP contribution in [0.1, 0.15) is 28.8 Å². The van der Waals surface area contributed by atoms with E-state index >= 15 is 0 Å². The summed E-state index contributed by atoms with van der Waals surface area (Å²) in [5.74, 6) is 0.273. The maximum absolute atomic E-state index is 11.9. The summed E-state index contributed by atoms with van der Waals surface area (Å²) in [7, 11) is 0. The quantitative estimate of drug-likeness (QED) is 0.790. The van der Waals surface area contributed by atoms with Crippen molar-refractivity contribution in [2.45, 2.75) is 25.4 Å². The highest BCUT2D eigenvalue weighted by Crippen LogP contribution is 2.20. The number of carbonyl (C=O) groups excluding carboxylic acids is 1. The van der Waals surface area contributed by atoms with Crippen molar-refractivity contribution in [3.05, 3.63) is 59.7 Å². The van der Waals surface area contributed by atoms with Gasteiger partial charge in [0.2, 0.25) is 0 Å². The Labute approximate surface area is 123 Å². The fourth-order valence-corrected chi connectivity index (χ4v) is 2.09. The highest BCUT2D eigenvalue weighted by molar-refractivity contribution is 5.94. The summed E-state index contributed by atoms with van der Waals surface area (Å²) in [4.78, 5) is 11.9. The van der Waals surface area contributed by atoms with Gasteiger partial charge in [-0.05, 0) is 43.2 Å². The molecule has 0 bridgehead atoms. The molecule has 1 saturated carbocycles. The summed E-state index contributed by atoms with van der Waals surface area (Å²) >= 11 is 0. The van der Waals surface area contributed by atoms with Crippen molar-refractivity contribution in [3.63, 3.8) is 0 Å². The van der Waals surface area contributed by atoms with Gasteiger partial charge in [0, 0.05) is 29.4 Å². The number of carbonyl (C=O) groups is 1. The second-order valence-electron chi connectivity index (χ2n) is 5.31. The van der Waals surface area contributed by atoms with Gasteiger partial charge in [-0.15, -0.1) is 0 Å². The summed E-state index contributed by atoms with van der Waals surface area (Å²) in [6, 6.07) is 15.0. The van der Waals surface area contributed by atoms with Crippen LogP contribution in [0, 0.1) is 0 Å². The van der Waals surface area contributed by atoms with Crippen molar-refractivity contribution in [3.8, 4) is 5.75 Å². The molecule has 0 unspecified atom stereocenters. The van der Waals surface area contributed by atoms with Crippen molar-refractivity contribution >= 4 is 11.6 Å². The molecule has 1 amide bonds. The van der Waals surface area contributed by atoms with Gasteiger partial charge in [-0.1, -0.05) is 18.2 Å². The molecule has 3 N–H and O–H groups in total. The largest absolute Gasteiger partial charge is 0.508 e. The summed E-state index contributed by atoms with van der Waals surface area (Å²) in [5, 5.41) is 15.9. The highest BCUT2D eigenvalue weighted by Gasteiger charge is 2.23. The fourth-order valence-electron chi connectivity index (χ4n) is 2.09. The zero-order valence-corrected chi connectivity index (χ0v) is 11.7. The van der Waals surface area contributed by atoms with Crippen LogP contribution in [0.4, 0.5) is 5.69 Å². The number of hydrogen-bond acceptors (Lipinski definition) is 3. The van der Waals surface area contributed by atoms with E-state index in [1.807, 2.05) is 36.4 Å². The lowest BCUT2D eigenvalue weighted by molar-refractivity contribution is 0.0951. The molecule has 2 aromatic carbocycles. The van der Waals surface area contributed by atoms with Crippen LogP contribution in [0.15, 0.2) is 48.5 Å². The van der Waals surface area contributed by atoms with E-state index in [1.165, 1.54) is 0 Å². The van der Waals surface area contributed by atoms with Gasteiger partial charge < -0.3 is 15.7 Å². The number of nitrogens with one attached hydrogen (secondary N) is 2. The lowest BCUT2D eigenvalue weighted by Crippen LogP contribution is -2.25. The first-order valence-corrected chi connectivity index (χ1v) is 7.14. The van der Waals surface area contributed by atoms with E-state index in [0.717, 1.165) is 24.1 Å². The molecule has 2 aromatic rings. The lowest BCUT2D eigenvalue weighted by Gasteiger charge is -2.09. The minimum absolute atomic E-state index is 0.00949. The smallest absolute Gasteiger partial charge is 0.251 e. The van der Waals surface area contributed by atoms with Crippen molar-refractivity contribution in [2.75, 3.05) is 5.32 Å². The first kappa shape index (κ1) is 13.5. The third kappa shape index (κ3) is 3.54. The van der Waals surface area contributed by atoms with Gasteiger partial charge in [0.15, 0.2) is 0 Å². The van der Waals surface area contributed by atoms with Gasteiger partial charge in [0.1, 0.15) is 5.75 Å². The summed E-state index contributed by atoms with van der Waals surface area (Å²) in [6.07, 6.45) is 2.18. The van der Waals surface area contributed by atoms with E-state index in [9.17, 15) is 9.90 Å². The number of hydrogen-bond donors (Lipinski definition) is 3. The molecule has 4 heteroatoms. The van der Waals surface area contributed by atoms with Crippen LogP contribution in [0.5, 0.6) is 5.75 Å². The van der Waals surface area contributed by atoms with Crippen LogP contribution in [0.25, 0.3) is 0 Å². The zero-order valence-electron chi connectivity index (χ0n) is 11.7. The minimum Gasteiger partial charge on any atom is -0.508 e. The molecule has 21 heavy (non-hydrogen) atoms. The van der Waals surface area contributed by atoms with E-state index < -0.39 is 0 Å². The van der Waals surface area contributed by atoms with Crippen molar-refractivity contribution < 1.29 is 9.90 Å². The van der Waals surface area contributed by atoms with Gasteiger partial charge in [-0.3, -0.25) is 4.79 Å². The average molecular weight is 282 g/mol. The molecule has 1 aliphatic carbocycles. The zero-order chi connectivity index (χ0) is 14.7. The van der Waals surface area contributed by atoms with Gasteiger partial charge in [-0.25, -0.2) is 0 Å². The first-order valence-electron chi connectivity index (χ1n) is 7.14. The summed E-state index contributed by atoms with van der Waals surface area (Å²) < 4.78 is 0. The minimum atomic E-state index is -0.00949. The Bertz CT molecular complexity index is 633. The summed E-state index contributed by atoms with van der Waals surface area (Å²) in [6.45, 7) is 0.542.